The van der Waals surface area contributed by atoms with Gasteiger partial charge >= 0.3 is 0 Å². The van der Waals surface area contributed by atoms with Crippen LogP contribution in [-0.4, -0.2) is 36.5 Å². The standard InChI is InChI=1S/C22H26N2O3S/c1-17(2)27-20-9-11-21(12-10-20)28(25,26)23-14-5-7-19(16-23)24-15-13-18-6-3-4-8-22(18)24/h3-4,6,8-13,15,17,19H,5,7,14,16H2,1-2H3. The Bertz CT molecular complexity index is 1050. The Morgan fingerprint density at radius 1 is 1.04 bits per heavy atom. The van der Waals surface area contributed by atoms with E-state index in [1.807, 2.05) is 26.0 Å². The topological polar surface area (TPSA) is 51.5 Å². The number of hydrogen-bond acceptors (Lipinski definition) is 3. The highest BCUT2D eigenvalue weighted by molar-refractivity contribution is 7.89. The molecular weight excluding hydrogens is 372 g/mol. The lowest BCUT2D eigenvalue weighted by molar-refractivity contribution is 0.242. The van der Waals surface area contributed by atoms with Crippen molar-refractivity contribution >= 4 is 20.9 Å². The van der Waals surface area contributed by atoms with Gasteiger partial charge in [-0.1, -0.05) is 18.2 Å². The molecule has 1 atom stereocenters. The maximum atomic E-state index is 13.2. The number of hydrogen-bond donors (Lipinski definition) is 0. The van der Waals surface area contributed by atoms with E-state index in [1.54, 1.807) is 28.6 Å². The molecule has 1 fully saturated rings. The fraction of sp³-hybridized carbons (Fsp3) is 0.364. The first kappa shape index (κ1) is 19.0. The maximum absolute atomic E-state index is 13.2. The number of piperidine rings is 1. The minimum absolute atomic E-state index is 0.0571. The first-order valence-corrected chi connectivity index (χ1v) is 11.2. The molecule has 0 amide bonds. The summed E-state index contributed by atoms with van der Waals surface area (Å²) < 4.78 is 35.8. The predicted octanol–water partition coefficient (Wildman–Crippen LogP) is 4.45. The van der Waals surface area contributed by atoms with E-state index in [9.17, 15) is 8.42 Å². The van der Waals surface area contributed by atoms with Crippen LogP contribution in [-0.2, 0) is 10.0 Å². The van der Waals surface area contributed by atoms with Crippen LogP contribution in [0.3, 0.4) is 0 Å². The molecule has 0 spiro atoms. The Hall–Kier alpha value is -2.31. The molecule has 2 heterocycles. The lowest BCUT2D eigenvalue weighted by Gasteiger charge is -2.33. The van der Waals surface area contributed by atoms with E-state index in [4.69, 9.17) is 4.74 Å². The predicted molar refractivity (Wildman–Crippen MR) is 111 cm³/mol. The summed E-state index contributed by atoms with van der Waals surface area (Å²) in [7, 11) is -3.52. The number of nitrogens with zero attached hydrogens (tertiary/aromatic N) is 2. The summed E-state index contributed by atoms with van der Waals surface area (Å²) >= 11 is 0. The zero-order chi connectivity index (χ0) is 19.7. The minimum Gasteiger partial charge on any atom is -0.491 e. The van der Waals surface area contributed by atoms with Gasteiger partial charge in [0.05, 0.1) is 11.0 Å². The number of sulfonamides is 1. The van der Waals surface area contributed by atoms with E-state index in [2.05, 4.69) is 29.0 Å². The van der Waals surface area contributed by atoms with Gasteiger partial charge in [0.1, 0.15) is 5.75 Å². The van der Waals surface area contributed by atoms with Crippen molar-refractivity contribution in [2.75, 3.05) is 13.1 Å². The zero-order valence-electron chi connectivity index (χ0n) is 16.3. The van der Waals surface area contributed by atoms with Gasteiger partial charge in [-0.05, 0) is 68.5 Å². The lowest BCUT2D eigenvalue weighted by Crippen LogP contribution is -2.40. The molecule has 4 rings (SSSR count). The highest BCUT2D eigenvalue weighted by Gasteiger charge is 2.31. The van der Waals surface area contributed by atoms with Gasteiger partial charge in [-0.25, -0.2) is 8.42 Å². The third-order valence-corrected chi connectivity index (χ3v) is 7.09. The zero-order valence-corrected chi connectivity index (χ0v) is 17.1. The molecule has 1 aromatic heterocycles. The molecule has 1 saturated heterocycles. The molecular formula is C22H26N2O3S. The van der Waals surface area contributed by atoms with Crippen LogP contribution in [0.5, 0.6) is 5.75 Å². The van der Waals surface area contributed by atoms with Crippen molar-refractivity contribution in [3.63, 3.8) is 0 Å². The van der Waals surface area contributed by atoms with Crippen LogP contribution in [0.1, 0.15) is 32.7 Å². The largest absolute Gasteiger partial charge is 0.491 e. The molecule has 1 aliphatic rings. The van der Waals surface area contributed by atoms with Gasteiger partial charge in [0, 0.05) is 30.8 Å². The van der Waals surface area contributed by atoms with E-state index in [0.29, 0.717) is 23.7 Å². The molecule has 148 valence electrons. The van der Waals surface area contributed by atoms with Crippen molar-refractivity contribution in [3.05, 3.63) is 60.8 Å². The minimum atomic E-state index is -3.52. The van der Waals surface area contributed by atoms with Crippen LogP contribution in [0.4, 0.5) is 0 Å². The number of para-hydroxylation sites is 1. The molecule has 0 radical (unpaired) electrons. The Kier molecular flexibility index (Phi) is 5.17. The summed E-state index contributed by atoms with van der Waals surface area (Å²) in [6.07, 6.45) is 3.96. The fourth-order valence-corrected chi connectivity index (χ4v) is 5.42. The molecule has 5 nitrogen and oxygen atoms in total. The van der Waals surface area contributed by atoms with Crippen LogP contribution in [0.2, 0.25) is 0 Å². The summed E-state index contributed by atoms with van der Waals surface area (Å²) in [6.45, 7) is 4.94. The molecule has 1 unspecified atom stereocenters. The van der Waals surface area contributed by atoms with Gasteiger partial charge in [0.25, 0.3) is 0 Å². The van der Waals surface area contributed by atoms with Crippen molar-refractivity contribution in [1.82, 2.24) is 8.87 Å². The van der Waals surface area contributed by atoms with E-state index < -0.39 is 10.0 Å². The van der Waals surface area contributed by atoms with E-state index in [0.717, 1.165) is 18.4 Å². The second-order valence-corrected chi connectivity index (χ2v) is 9.52. The second kappa shape index (κ2) is 7.60. The lowest BCUT2D eigenvalue weighted by atomic mass is 10.1. The van der Waals surface area contributed by atoms with Crippen LogP contribution in [0.25, 0.3) is 10.9 Å². The quantitative estimate of drug-likeness (QED) is 0.638. The molecule has 6 heteroatoms. The van der Waals surface area contributed by atoms with Crippen molar-refractivity contribution in [1.29, 1.82) is 0 Å². The number of aromatic nitrogens is 1. The van der Waals surface area contributed by atoms with Crippen molar-refractivity contribution in [2.45, 2.75) is 43.7 Å². The molecule has 0 N–H and O–H groups in total. The average molecular weight is 399 g/mol. The third kappa shape index (κ3) is 3.66. The van der Waals surface area contributed by atoms with Crippen LogP contribution in [0, 0.1) is 0 Å². The summed E-state index contributed by atoms with van der Waals surface area (Å²) in [5.74, 6) is 0.685. The highest BCUT2D eigenvalue weighted by atomic mass is 32.2. The van der Waals surface area contributed by atoms with E-state index in [-0.39, 0.29) is 12.1 Å². The molecule has 0 aliphatic carbocycles. The molecule has 28 heavy (non-hydrogen) atoms. The first-order valence-electron chi connectivity index (χ1n) is 9.77. The SMILES string of the molecule is CC(C)Oc1ccc(S(=O)(=O)N2CCCC(n3ccc4ccccc43)C2)cc1. The van der Waals surface area contributed by atoms with Crippen LogP contribution in [0.15, 0.2) is 65.7 Å². The first-order chi connectivity index (χ1) is 13.4. The Balaban J connectivity index is 1.56. The number of ether oxygens (including phenoxy) is 1. The van der Waals surface area contributed by atoms with E-state index in [1.165, 1.54) is 5.39 Å². The van der Waals surface area contributed by atoms with Gasteiger partial charge < -0.3 is 9.30 Å². The summed E-state index contributed by atoms with van der Waals surface area (Å²) in [6, 6.07) is 17.2. The molecule has 1 aliphatic heterocycles. The van der Waals surface area contributed by atoms with Gasteiger partial charge in [0.15, 0.2) is 0 Å². The molecule has 2 aromatic carbocycles. The number of fused-ring (bicyclic) bond motifs is 1. The number of rotatable bonds is 5. The van der Waals surface area contributed by atoms with Gasteiger partial charge in [-0.2, -0.15) is 4.31 Å². The van der Waals surface area contributed by atoms with Gasteiger partial charge in [-0.15, -0.1) is 0 Å². The van der Waals surface area contributed by atoms with Crippen LogP contribution >= 0.6 is 0 Å². The van der Waals surface area contributed by atoms with Gasteiger partial charge in [0.2, 0.25) is 10.0 Å². The van der Waals surface area contributed by atoms with Crippen molar-refractivity contribution in [3.8, 4) is 5.75 Å². The molecule has 0 saturated carbocycles. The van der Waals surface area contributed by atoms with Crippen LogP contribution < -0.4 is 4.74 Å². The van der Waals surface area contributed by atoms with Crippen molar-refractivity contribution < 1.29 is 13.2 Å². The number of benzene rings is 2. The van der Waals surface area contributed by atoms with E-state index >= 15 is 0 Å². The van der Waals surface area contributed by atoms with Gasteiger partial charge in [-0.3, -0.25) is 0 Å². The fourth-order valence-electron chi connectivity index (χ4n) is 3.90. The summed E-state index contributed by atoms with van der Waals surface area (Å²) in [4.78, 5) is 0.321. The molecule has 0 bridgehead atoms. The third-order valence-electron chi connectivity index (χ3n) is 5.22. The normalized spacial score (nSPS) is 18.6. The monoisotopic (exact) mass is 398 g/mol. The second-order valence-electron chi connectivity index (χ2n) is 7.58. The highest BCUT2D eigenvalue weighted by Crippen LogP contribution is 2.30. The van der Waals surface area contributed by atoms with Crippen molar-refractivity contribution in [2.24, 2.45) is 0 Å². The summed E-state index contributed by atoms with van der Waals surface area (Å²) in [5.41, 5.74) is 1.15. The Labute approximate surface area is 166 Å². The smallest absolute Gasteiger partial charge is 0.243 e. The maximum Gasteiger partial charge on any atom is 0.243 e. The Morgan fingerprint density at radius 2 is 1.79 bits per heavy atom. The average Bonchev–Trinajstić information content (AvgIpc) is 3.12. The summed E-state index contributed by atoms with van der Waals surface area (Å²) in [5, 5.41) is 1.18. The Morgan fingerprint density at radius 3 is 2.54 bits per heavy atom. The molecule has 3 aromatic rings.